The molecule has 0 aliphatic carbocycles. The normalized spacial score (nSPS) is 10.6. The highest BCUT2D eigenvalue weighted by Crippen LogP contribution is 2.22. The summed E-state index contributed by atoms with van der Waals surface area (Å²) >= 11 is 7.20. The third kappa shape index (κ3) is 5.52. The van der Waals surface area contributed by atoms with Crippen molar-refractivity contribution in [1.29, 1.82) is 0 Å². The minimum absolute atomic E-state index is 0.000691. The maximum Gasteiger partial charge on any atom is 0.248 e. The van der Waals surface area contributed by atoms with Gasteiger partial charge in [0, 0.05) is 27.2 Å². The molecule has 3 aromatic rings. The average molecular weight is 434 g/mol. The zero-order chi connectivity index (χ0) is 21.0. The number of aromatic nitrogens is 1. The summed E-state index contributed by atoms with van der Waals surface area (Å²) in [5.74, 6) is -1.11. The molecule has 0 spiro atoms. The van der Waals surface area contributed by atoms with Gasteiger partial charge in [-0.15, -0.1) is 11.3 Å². The Morgan fingerprint density at radius 1 is 1.28 bits per heavy atom. The van der Waals surface area contributed by atoms with Crippen molar-refractivity contribution >= 4 is 40.4 Å². The topological polar surface area (TPSA) is 94.3 Å². The first-order chi connectivity index (χ1) is 13.8. The van der Waals surface area contributed by atoms with E-state index < -0.39 is 11.7 Å². The van der Waals surface area contributed by atoms with E-state index in [1.807, 2.05) is 0 Å². The Morgan fingerprint density at radius 2 is 2.00 bits per heavy atom. The number of carbonyl (C=O) groups excluding carboxylic acids is 2. The molecule has 2 amide bonds. The summed E-state index contributed by atoms with van der Waals surface area (Å²) in [5.41, 5.74) is 6.16. The minimum Gasteiger partial charge on any atom is -0.486 e. The highest BCUT2D eigenvalue weighted by molar-refractivity contribution is 7.09. The molecule has 1 heterocycles. The molecular formula is C20H17ClFN3O3S. The SMILES string of the molecule is Cc1c(F)cc(C(N)=O)cc1NC(=O)Cc1csc(COc2ccc(Cl)cc2)n1. The van der Waals surface area contributed by atoms with E-state index in [4.69, 9.17) is 22.1 Å². The van der Waals surface area contributed by atoms with Gasteiger partial charge in [-0.1, -0.05) is 11.6 Å². The Kier molecular flexibility index (Phi) is 6.46. The van der Waals surface area contributed by atoms with Gasteiger partial charge in [0.15, 0.2) is 0 Å². The summed E-state index contributed by atoms with van der Waals surface area (Å²) in [6.07, 6.45) is -0.000691. The van der Waals surface area contributed by atoms with Gasteiger partial charge in [0.25, 0.3) is 0 Å². The zero-order valence-electron chi connectivity index (χ0n) is 15.4. The molecule has 1 aromatic heterocycles. The van der Waals surface area contributed by atoms with Gasteiger partial charge in [0.1, 0.15) is 23.2 Å². The molecule has 0 atom stereocenters. The van der Waals surface area contributed by atoms with Gasteiger partial charge in [0.05, 0.1) is 12.1 Å². The summed E-state index contributed by atoms with van der Waals surface area (Å²) in [6, 6.07) is 9.36. The van der Waals surface area contributed by atoms with Crippen LogP contribution in [-0.2, 0) is 17.8 Å². The lowest BCUT2D eigenvalue weighted by atomic mass is 10.1. The Bertz CT molecular complexity index is 1050. The molecule has 0 radical (unpaired) electrons. The fourth-order valence-corrected chi connectivity index (χ4v) is 3.31. The highest BCUT2D eigenvalue weighted by Gasteiger charge is 2.14. The van der Waals surface area contributed by atoms with Gasteiger partial charge in [-0.2, -0.15) is 0 Å². The monoisotopic (exact) mass is 433 g/mol. The average Bonchev–Trinajstić information content (AvgIpc) is 3.11. The maximum atomic E-state index is 13.9. The van der Waals surface area contributed by atoms with Crippen molar-refractivity contribution < 1.29 is 18.7 Å². The van der Waals surface area contributed by atoms with Crippen LogP contribution in [0.5, 0.6) is 5.75 Å². The van der Waals surface area contributed by atoms with Crippen LogP contribution in [0.4, 0.5) is 10.1 Å². The predicted octanol–water partition coefficient (Wildman–Crippen LogP) is 4.10. The molecule has 3 rings (SSSR count). The number of ether oxygens (including phenoxy) is 1. The fourth-order valence-electron chi connectivity index (χ4n) is 2.48. The molecule has 9 heteroatoms. The number of nitrogens with one attached hydrogen (secondary N) is 1. The van der Waals surface area contributed by atoms with Gasteiger partial charge in [0.2, 0.25) is 11.8 Å². The first-order valence-electron chi connectivity index (χ1n) is 8.53. The molecular weight excluding hydrogens is 417 g/mol. The standard InChI is InChI=1S/C20H17ClFN3O3S/c1-11-16(22)6-12(20(23)27)7-17(11)25-18(26)8-14-10-29-19(24-14)9-28-15-4-2-13(21)3-5-15/h2-7,10H,8-9H2,1H3,(H2,23,27)(H,25,26). The Hall–Kier alpha value is -2.97. The van der Waals surface area contributed by atoms with Crippen molar-refractivity contribution in [1.82, 2.24) is 4.98 Å². The number of halogens is 2. The van der Waals surface area contributed by atoms with Crippen LogP contribution in [0.15, 0.2) is 41.8 Å². The molecule has 0 bridgehead atoms. The van der Waals surface area contributed by atoms with Gasteiger partial charge in [-0.3, -0.25) is 9.59 Å². The van der Waals surface area contributed by atoms with E-state index in [1.54, 1.807) is 29.6 Å². The lowest BCUT2D eigenvalue weighted by molar-refractivity contribution is -0.115. The number of hydrogen-bond donors (Lipinski definition) is 2. The third-order valence-electron chi connectivity index (χ3n) is 4.02. The first kappa shape index (κ1) is 20.8. The number of amides is 2. The van der Waals surface area contributed by atoms with Crippen molar-refractivity contribution in [3.63, 3.8) is 0 Å². The molecule has 0 fully saturated rings. The molecule has 0 aliphatic heterocycles. The summed E-state index contributed by atoms with van der Waals surface area (Å²) in [5, 5.41) is 5.69. The van der Waals surface area contributed by atoms with E-state index in [1.165, 1.54) is 24.3 Å². The van der Waals surface area contributed by atoms with Crippen LogP contribution in [0.2, 0.25) is 5.02 Å². The second-order valence-electron chi connectivity index (χ2n) is 6.20. The number of primary amides is 1. The van der Waals surface area contributed by atoms with Gasteiger partial charge in [-0.05, 0) is 43.3 Å². The van der Waals surface area contributed by atoms with E-state index in [9.17, 15) is 14.0 Å². The van der Waals surface area contributed by atoms with Crippen molar-refractivity contribution in [3.8, 4) is 5.75 Å². The van der Waals surface area contributed by atoms with Crippen LogP contribution in [0.1, 0.15) is 26.6 Å². The lowest BCUT2D eigenvalue weighted by Gasteiger charge is -2.10. The second kappa shape index (κ2) is 9.02. The van der Waals surface area contributed by atoms with Crippen LogP contribution >= 0.6 is 22.9 Å². The largest absolute Gasteiger partial charge is 0.486 e. The number of carbonyl (C=O) groups is 2. The number of nitrogens with zero attached hydrogens (tertiary/aromatic N) is 1. The molecule has 3 N–H and O–H groups in total. The molecule has 2 aromatic carbocycles. The quantitative estimate of drug-likeness (QED) is 0.586. The number of anilines is 1. The number of nitrogens with two attached hydrogens (primary N) is 1. The Labute approximate surface area is 175 Å². The summed E-state index contributed by atoms with van der Waals surface area (Å²) in [6.45, 7) is 1.77. The number of hydrogen-bond acceptors (Lipinski definition) is 5. The fraction of sp³-hybridized carbons (Fsp3) is 0.150. The van der Waals surface area contributed by atoms with Gasteiger partial charge >= 0.3 is 0 Å². The van der Waals surface area contributed by atoms with Crippen molar-refractivity contribution in [2.75, 3.05) is 5.32 Å². The summed E-state index contributed by atoms with van der Waals surface area (Å²) in [7, 11) is 0. The zero-order valence-corrected chi connectivity index (χ0v) is 16.9. The number of benzene rings is 2. The molecule has 0 aliphatic rings. The van der Waals surface area contributed by atoms with E-state index in [0.717, 1.165) is 6.07 Å². The highest BCUT2D eigenvalue weighted by atomic mass is 35.5. The lowest BCUT2D eigenvalue weighted by Crippen LogP contribution is -2.18. The Balaban J connectivity index is 1.60. The summed E-state index contributed by atoms with van der Waals surface area (Å²) < 4.78 is 19.6. The van der Waals surface area contributed by atoms with Crippen LogP contribution in [-0.4, -0.2) is 16.8 Å². The van der Waals surface area contributed by atoms with E-state index in [0.29, 0.717) is 21.5 Å². The third-order valence-corrected chi connectivity index (χ3v) is 5.14. The van der Waals surface area contributed by atoms with Gasteiger partial charge < -0.3 is 15.8 Å². The molecule has 0 saturated heterocycles. The van der Waals surface area contributed by atoms with Crippen LogP contribution in [0.25, 0.3) is 0 Å². The molecule has 6 nitrogen and oxygen atoms in total. The van der Waals surface area contributed by atoms with E-state index in [-0.39, 0.29) is 35.7 Å². The van der Waals surface area contributed by atoms with Gasteiger partial charge in [-0.25, -0.2) is 9.37 Å². The smallest absolute Gasteiger partial charge is 0.248 e. The summed E-state index contributed by atoms with van der Waals surface area (Å²) in [4.78, 5) is 28.0. The van der Waals surface area contributed by atoms with E-state index >= 15 is 0 Å². The second-order valence-corrected chi connectivity index (χ2v) is 7.57. The van der Waals surface area contributed by atoms with Crippen LogP contribution in [0.3, 0.4) is 0 Å². The molecule has 150 valence electrons. The van der Waals surface area contributed by atoms with E-state index in [2.05, 4.69) is 10.3 Å². The van der Waals surface area contributed by atoms with Crippen LogP contribution < -0.4 is 15.8 Å². The number of thiazole rings is 1. The minimum atomic E-state index is -0.774. The first-order valence-corrected chi connectivity index (χ1v) is 9.79. The Morgan fingerprint density at radius 3 is 2.69 bits per heavy atom. The maximum absolute atomic E-state index is 13.9. The van der Waals surface area contributed by atoms with Crippen molar-refractivity contribution in [2.24, 2.45) is 5.73 Å². The molecule has 29 heavy (non-hydrogen) atoms. The molecule has 0 unspecified atom stereocenters. The van der Waals surface area contributed by atoms with Crippen LogP contribution in [0, 0.1) is 12.7 Å². The number of rotatable bonds is 7. The molecule has 0 saturated carbocycles. The van der Waals surface area contributed by atoms with Crippen molar-refractivity contribution in [3.05, 3.63) is 74.4 Å². The van der Waals surface area contributed by atoms with Crippen molar-refractivity contribution in [2.45, 2.75) is 20.0 Å². The predicted molar refractivity (Wildman–Crippen MR) is 110 cm³/mol.